The molecule has 1 aromatic rings. The Bertz CT molecular complexity index is 375. The average Bonchev–Trinajstić information content (AvgIpc) is 2.03. The van der Waals surface area contributed by atoms with Crippen LogP contribution < -0.4 is 5.32 Å². The van der Waals surface area contributed by atoms with Crippen molar-refractivity contribution in [1.82, 2.24) is 5.32 Å². The summed E-state index contributed by atoms with van der Waals surface area (Å²) in [4.78, 5) is 0. The second-order valence-electron chi connectivity index (χ2n) is 3.53. The zero-order valence-electron chi connectivity index (χ0n) is 8.14. The molecule has 0 amide bonds. The molecule has 0 spiro atoms. The van der Waals surface area contributed by atoms with E-state index in [4.69, 9.17) is 11.6 Å². The predicted octanol–water partition coefficient (Wildman–Crippen LogP) is 3.82. The molecule has 6 heteroatoms. The summed E-state index contributed by atoms with van der Waals surface area (Å²) in [5.74, 6) is 0. The molecule has 1 N–H and O–H groups in total. The molecule has 1 fully saturated rings. The van der Waals surface area contributed by atoms with Crippen molar-refractivity contribution in [3.8, 4) is 0 Å². The molecule has 0 saturated carbocycles. The smallest absolute Gasteiger partial charge is 0.310 e. The molecule has 0 unspecified atom stereocenters. The Morgan fingerprint density at radius 1 is 1.31 bits per heavy atom. The van der Waals surface area contributed by atoms with E-state index in [2.05, 4.69) is 5.32 Å². The first-order chi connectivity index (χ1) is 6.98. The summed E-state index contributed by atoms with van der Waals surface area (Å²) in [6.07, 6.45) is -3.50. The van der Waals surface area contributed by atoms with Crippen LogP contribution in [0.2, 0.25) is 5.02 Å². The molecule has 1 saturated heterocycles. The Morgan fingerprint density at radius 2 is 1.94 bits per heavy atom. The maximum absolute atomic E-state index is 12.5. The van der Waals surface area contributed by atoms with Gasteiger partial charge in [-0.05, 0) is 30.7 Å². The zero-order valence-corrected chi connectivity index (χ0v) is 9.72. The maximum atomic E-state index is 12.5. The van der Waals surface area contributed by atoms with Gasteiger partial charge in [-0.1, -0.05) is 17.7 Å². The zero-order chi connectivity index (χ0) is 11.1. The molecule has 1 nitrogen and oxygen atoms in total. The van der Waals surface area contributed by atoms with Crippen LogP contribution in [-0.4, -0.2) is 6.54 Å². The first kappa shape index (κ1) is 13.6. The van der Waals surface area contributed by atoms with Gasteiger partial charge in [0.25, 0.3) is 0 Å². The van der Waals surface area contributed by atoms with Gasteiger partial charge in [-0.25, -0.2) is 0 Å². The van der Waals surface area contributed by atoms with Crippen LogP contribution >= 0.6 is 24.0 Å². The van der Waals surface area contributed by atoms with Gasteiger partial charge in [0.15, 0.2) is 0 Å². The van der Waals surface area contributed by atoms with E-state index >= 15 is 0 Å². The Hall–Kier alpha value is -0.450. The van der Waals surface area contributed by atoms with E-state index in [0.29, 0.717) is 5.56 Å². The molecular formula is C10H10Cl2F3N. The summed E-state index contributed by atoms with van der Waals surface area (Å²) in [5, 5.41) is 2.80. The summed E-state index contributed by atoms with van der Waals surface area (Å²) >= 11 is 5.51. The molecule has 1 aliphatic rings. The van der Waals surface area contributed by atoms with Gasteiger partial charge in [-0.15, -0.1) is 12.4 Å². The molecule has 1 atom stereocenters. The van der Waals surface area contributed by atoms with E-state index in [0.717, 1.165) is 19.0 Å². The first-order valence-corrected chi connectivity index (χ1v) is 4.96. The van der Waals surface area contributed by atoms with Crippen LogP contribution in [0.4, 0.5) is 13.2 Å². The quantitative estimate of drug-likeness (QED) is 0.819. The van der Waals surface area contributed by atoms with Gasteiger partial charge < -0.3 is 5.32 Å². The monoisotopic (exact) mass is 271 g/mol. The lowest BCUT2D eigenvalue weighted by atomic mass is 9.96. The largest absolute Gasteiger partial charge is 0.417 e. The minimum Gasteiger partial charge on any atom is -0.310 e. The van der Waals surface area contributed by atoms with Crippen molar-refractivity contribution in [1.29, 1.82) is 0 Å². The van der Waals surface area contributed by atoms with E-state index in [1.54, 1.807) is 6.07 Å². The third-order valence-electron chi connectivity index (χ3n) is 2.52. The van der Waals surface area contributed by atoms with Crippen LogP contribution in [0.15, 0.2) is 18.2 Å². The van der Waals surface area contributed by atoms with Gasteiger partial charge in [-0.2, -0.15) is 13.2 Å². The SMILES string of the molecule is Cl.FC(F)(F)c1cc([C@H]2CCN2)ccc1Cl. The third-order valence-corrected chi connectivity index (χ3v) is 2.85. The van der Waals surface area contributed by atoms with Crippen LogP contribution in [-0.2, 0) is 6.18 Å². The van der Waals surface area contributed by atoms with Gasteiger partial charge in [0, 0.05) is 6.04 Å². The molecule has 0 bridgehead atoms. The van der Waals surface area contributed by atoms with Gasteiger partial charge in [0.05, 0.1) is 10.6 Å². The molecular weight excluding hydrogens is 262 g/mol. The van der Waals surface area contributed by atoms with Gasteiger partial charge in [0.1, 0.15) is 0 Å². The third kappa shape index (κ3) is 2.62. The van der Waals surface area contributed by atoms with E-state index < -0.39 is 11.7 Å². The van der Waals surface area contributed by atoms with E-state index in [1.165, 1.54) is 6.07 Å². The average molecular weight is 272 g/mol. The number of hydrogen-bond acceptors (Lipinski definition) is 1. The predicted molar refractivity (Wildman–Crippen MR) is 59.1 cm³/mol. The van der Waals surface area contributed by atoms with Gasteiger partial charge in [0.2, 0.25) is 0 Å². The van der Waals surface area contributed by atoms with Crippen molar-refractivity contribution in [2.75, 3.05) is 6.54 Å². The molecule has 0 radical (unpaired) electrons. The van der Waals surface area contributed by atoms with Crippen molar-refractivity contribution >= 4 is 24.0 Å². The number of benzene rings is 1. The maximum Gasteiger partial charge on any atom is 0.417 e. The first-order valence-electron chi connectivity index (χ1n) is 4.58. The van der Waals surface area contributed by atoms with E-state index in [-0.39, 0.29) is 23.5 Å². The highest BCUT2D eigenvalue weighted by Crippen LogP contribution is 2.37. The summed E-state index contributed by atoms with van der Waals surface area (Å²) in [6, 6.07) is 4.11. The summed E-state index contributed by atoms with van der Waals surface area (Å²) in [7, 11) is 0. The number of halogens is 5. The summed E-state index contributed by atoms with van der Waals surface area (Å²) in [5.41, 5.74) is -0.103. The summed E-state index contributed by atoms with van der Waals surface area (Å²) in [6.45, 7) is 0.856. The highest BCUT2D eigenvalue weighted by atomic mass is 35.5. The van der Waals surface area contributed by atoms with E-state index in [9.17, 15) is 13.2 Å². The van der Waals surface area contributed by atoms with Crippen LogP contribution in [0.1, 0.15) is 23.6 Å². The number of rotatable bonds is 1. The van der Waals surface area contributed by atoms with Crippen molar-refractivity contribution in [3.63, 3.8) is 0 Å². The Labute approximate surface area is 102 Å². The number of alkyl halides is 3. The minimum absolute atomic E-state index is 0. The lowest BCUT2D eigenvalue weighted by molar-refractivity contribution is -0.137. The Morgan fingerprint density at radius 3 is 2.38 bits per heavy atom. The van der Waals surface area contributed by atoms with Crippen LogP contribution in [0.5, 0.6) is 0 Å². The lowest BCUT2D eigenvalue weighted by Crippen LogP contribution is -2.35. The van der Waals surface area contributed by atoms with Crippen molar-refractivity contribution < 1.29 is 13.2 Å². The molecule has 90 valence electrons. The molecule has 16 heavy (non-hydrogen) atoms. The second-order valence-corrected chi connectivity index (χ2v) is 3.94. The highest BCUT2D eigenvalue weighted by molar-refractivity contribution is 6.31. The Balaban J connectivity index is 0.00000128. The molecule has 2 rings (SSSR count). The molecule has 1 heterocycles. The van der Waals surface area contributed by atoms with E-state index in [1.807, 2.05) is 0 Å². The second kappa shape index (κ2) is 4.82. The lowest BCUT2D eigenvalue weighted by Gasteiger charge is -2.28. The van der Waals surface area contributed by atoms with Crippen molar-refractivity contribution in [2.24, 2.45) is 0 Å². The number of hydrogen-bond donors (Lipinski definition) is 1. The van der Waals surface area contributed by atoms with Gasteiger partial charge in [-0.3, -0.25) is 0 Å². The summed E-state index contributed by atoms with van der Waals surface area (Å²) < 4.78 is 37.5. The van der Waals surface area contributed by atoms with Crippen molar-refractivity contribution in [2.45, 2.75) is 18.6 Å². The fourth-order valence-corrected chi connectivity index (χ4v) is 1.77. The fourth-order valence-electron chi connectivity index (χ4n) is 1.55. The van der Waals surface area contributed by atoms with Crippen molar-refractivity contribution in [3.05, 3.63) is 34.3 Å². The molecule has 1 aliphatic heterocycles. The molecule has 1 aromatic carbocycles. The Kier molecular flexibility index (Phi) is 4.10. The normalized spacial score (nSPS) is 19.9. The van der Waals surface area contributed by atoms with Crippen LogP contribution in [0.3, 0.4) is 0 Å². The minimum atomic E-state index is -4.38. The highest BCUT2D eigenvalue weighted by Gasteiger charge is 2.34. The van der Waals surface area contributed by atoms with Crippen LogP contribution in [0.25, 0.3) is 0 Å². The molecule has 0 aromatic heterocycles. The topological polar surface area (TPSA) is 12.0 Å². The van der Waals surface area contributed by atoms with Gasteiger partial charge >= 0.3 is 6.18 Å². The van der Waals surface area contributed by atoms with Crippen LogP contribution in [0, 0.1) is 0 Å². The molecule has 0 aliphatic carbocycles. The number of nitrogens with one attached hydrogen (secondary N) is 1. The standard InChI is InChI=1S/C10H9ClF3N.ClH/c11-8-2-1-6(9-3-4-15-9)5-7(8)10(12,13)14;/h1-2,5,9,15H,3-4H2;1H/t9-;/m1./s1. The fraction of sp³-hybridized carbons (Fsp3) is 0.400.